The Morgan fingerprint density at radius 2 is 2.00 bits per heavy atom. The van der Waals surface area contributed by atoms with Crippen LogP contribution in [0, 0.1) is 11.8 Å². The van der Waals surface area contributed by atoms with Crippen LogP contribution < -0.4 is 5.73 Å². The van der Waals surface area contributed by atoms with Gasteiger partial charge in [0.1, 0.15) is 0 Å². The second-order valence-electron chi connectivity index (χ2n) is 5.87. The Kier molecular flexibility index (Phi) is 2.61. The molecule has 2 saturated carbocycles. The normalized spacial score (nSPS) is 37.1. The van der Waals surface area contributed by atoms with Crippen LogP contribution in [-0.2, 0) is 0 Å². The number of likely N-dealkylation sites (N-methyl/N-ethyl adjacent to an activating group) is 1. The van der Waals surface area contributed by atoms with E-state index in [1.54, 1.807) is 0 Å². The summed E-state index contributed by atoms with van der Waals surface area (Å²) < 4.78 is 0. The Morgan fingerprint density at radius 3 is 2.43 bits per heavy atom. The Morgan fingerprint density at radius 1 is 1.29 bits per heavy atom. The molecule has 0 spiro atoms. The van der Waals surface area contributed by atoms with Crippen molar-refractivity contribution in [2.45, 2.75) is 51.1 Å². The monoisotopic (exact) mass is 196 g/mol. The number of nitrogens with zero attached hydrogens (tertiary/aromatic N) is 1. The van der Waals surface area contributed by atoms with Crippen molar-refractivity contribution in [2.75, 3.05) is 13.6 Å². The second-order valence-corrected chi connectivity index (χ2v) is 5.87. The Labute approximate surface area is 87.8 Å². The zero-order chi connectivity index (χ0) is 10.3. The fraction of sp³-hybridized carbons (Fsp3) is 1.00. The third-order valence-corrected chi connectivity index (χ3v) is 4.65. The van der Waals surface area contributed by atoms with Crippen molar-refractivity contribution >= 4 is 0 Å². The predicted molar refractivity (Wildman–Crippen MR) is 60.1 cm³/mol. The highest BCUT2D eigenvalue weighted by Gasteiger charge is 2.44. The van der Waals surface area contributed by atoms with Crippen LogP contribution in [0.25, 0.3) is 0 Å². The lowest BCUT2D eigenvalue weighted by Crippen LogP contribution is -2.53. The molecule has 2 heteroatoms. The third kappa shape index (κ3) is 1.59. The van der Waals surface area contributed by atoms with E-state index in [1.165, 1.54) is 25.7 Å². The fourth-order valence-electron chi connectivity index (χ4n) is 3.28. The summed E-state index contributed by atoms with van der Waals surface area (Å²) in [5, 5.41) is 0. The van der Waals surface area contributed by atoms with Gasteiger partial charge in [0.2, 0.25) is 0 Å². The van der Waals surface area contributed by atoms with E-state index in [1.807, 2.05) is 0 Å². The van der Waals surface area contributed by atoms with Gasteiger partial charge in [-0.3, -0.25) is 4.90 Å². The maximum atomic E-state index is 5.83. The molecule has 0 aromatic rings. The molecule has 3 atom stereocenters. The van der Waals surface area contributed by atoms with Gasteiger partial charge in [0, 0.05) is 18.1 Å². The van der Waals surface area contributed by atoms with Gasteiger partial charge in [0.25, 0.3) is 0 Å². The zero-order valence-corrected chi connectivity index (χ0v) is 9.79. The van der Waals surface area contributed by atoms with Crippen LogP contribution in [0.2, 0.25) is 0 Å². The highest BCUT2D eigenvalue weighted by Crippen LogP contribution is 2.47. The molecular formula is C12H24N2. The van der Waals surface area contributed by atoms with E-state index in [4.69, 9.17) is 5.73 Å². The molecule has 0 heterocycles. The second kappa shape index (κ2) is 3.49. The molecule has 0 aromatic heterocycles. The lowest BCUT2D eigenvalue weighted by atomic mass is 9.90. The lowest BCUT2D eigenvalue weighted by Gasteiger charge is -2.42. The molecule has 2 N–H and O–H groups in total. The predicted octanol–water partition coefficient (Wildman–Crippen LogP) is 1.84. The molecule has 0 aromatic carbocycles. The molecule has 2 rings (SSSR count). The quantitative estimate of drug-likeness (QED) is 0.746. The van der Waals surface area contributed by atoms with Crippen molar-refractivity contribution in [3.05, 3.63) is 0 Å². The van der Waals surface area contributed by atoms with Crippen molar-refractivity contribution in [3.8, 4) is 0 Å². The Hall–Kier alpha value is -0.0800. The van der Waals surface area contributed by atoms with Crippen LogP contribution in [0.4, 0.5) is 0 Å². The molecule has 2 aliphatic carbocycles. The first-order chi connectivity index (χ1) is 6.54. The summed E-state index contributed by atoms with van der Waals surface area (Å²) in [5.74, 6) is 2.00. The van der Waals surface area contributed by atoms with Crippen LogP contribution in [-0.4, -0.2) is 30.1 Å². The topological polar surface area (TPSA) is 29.3 Å². The minimum absolute atomic E-state index is 0.176. The van der Waals surface area contributed by atoms with Gasteiger partial charge >= 0.3 is 0 Å². The molecule has 14 heavy (non-hydrogen) atoms. The first-order valence-corrected chi connectivity index (χ1v) is 5.97. The lowest BCUT2D eigenvalue weighted by molar-refractivity contribution is 0.0738. The first kappa shape index (κ1) is 10.4. The molecule has 0 aliphatic heterocycles. The van der Waals surface area contributed by atoms with Gasteiger partial charge in [0.15, 0.2) is 0 Å². The summed E-state index contributed by atoms with van der Waals surface area (Å²) in [6, 6.07) is 0.812. The number of hydrogen-bond donors (Lipinski definition) is 1. The van der Waals surface area contributed by atoms with Crippen molar-refractivity contribution < 1.29 is 0 Å². The van der Waals surface area contributed by atoms with Gasteiger partial charge in [-0.15, -0.1) is 0 Å². The van der Waals surface area contributed by atoms with E-state index in [9.17, 15) is 0 Å². The van der Waals surface area contributed by atoms with E-state index in [-0.39, 0.29) is 5.54 Å². The standard InChI is InChI=1S/C12H24N2/c1-12(2,8-13)14(3)11-7-9-4-5-10(11)6-9/h9-11H,4-8,13H2,1-3H3. The summed E-state index contributed by atoms with van der Waals surface area (Å²) in [6.07, 6.45) is 5.85. The van der Waals surface area contributed by atoms with E-state index in [0.717, 1.165) is 24.4 Å². The van der Waals surface area contributed by atoms with Crippen LogP contribution in [0.3, 0.4) is 0 Å². The summed E-state index contributed by atoms with van der Waals surface area (Å²) >= 11 is 0. The molecule has 2 aliphatic rings. The smallest absolute Gasteiger partial charge is 0.0275 e. The van der Waals surface area contributed by atoms with Crippen molar-refractivity contribution in [2.24, 2.45) is 17.6 Å². The summed E-state index contributed by atoms with van der Waals surface area (Å²) in [5.41, 5.74) is 6.01. The highest BCUT2D eigenvalue weighted by molar-refractivity contribution is 4.98. The number of hydrogen-bond acceptors (Lipinski definition) is 2. The van der Waals surface area contributed by atoms with E-state index < -0.39 is 0 Å². The van der Waals surface area contributed by atoms with Gasteiger partial charge < -0.3 is 5.73 Å². The first-order valence-electron chi connectivity index (χ1n) is 5.97. The van der Waals surface area contributed by atoms with E-state index >= 15 is 0 Å². The Bertz CT molecular complexity index is 212. The van der Waals surface area contributed by atoms with Gasteiger partial charge in [0.05, 0.1) is 0 Å². The van der Waals surface area contributed by atoms with Crippen molar-refractivity contribution in [3.63, 3.8) is 0 Å². The number of nitrogens with two attached hydrogens (primary N) is 1. The van der Waals surface area contributed by atoms with E-state index in [0.29, 0.717) is 0 Å². The van der Waals surface area contributed by atoms with Crippen LogP contribution >= 0.6 is 0 Å². The van der Waals surface area contributed by atoms with Crippen molar-refractivity contribution in [1.82, 2.24) is 4.90 Å². The summed E-state index contributed by atoms with van der Waals surface area (Å²) in [4.78, 5) is 2.54. The van der Waals surface area contributed by atoms with Crippen LogP contribution in [0.15, 0.2) is 0 Å². The van der Waals surface area contributed by atoms with Crippen LogP contribution in [0.1, 0.15) is 39.5 Å². The molecule has 2 nitrogen and oxygen atoms in total. The number of rotatable bonds is 3. The van der Waals surface area contributed by atoms with E-state index in [2.05, 4.69) is 25.8 Å². The largest absolute Gasteiger partial charge is 0.329 e. The molecule has 2 bridgehead atoms. The maximum Gasteiger partial charge on any atom is 0.0275 e. The van der Waals surface area contributed by atoms with Gasteiger partial charge in [-0.05, 0) is 52.0 Å². The molecular weight excluding hydrogens is 172 g/mol. The van der Waals surface area contributed by atoms with Gasteiger partial charge in [-0.2, -0.15) is 0 Å². The average Bonchev–Trinajstić information content (AvgIpc) is 2.77. The highest BCUT2D eigenvalue weighted by atomic mass is 15.2. The Balaban J connectivity index is 2.02. The zero-order valence-electron chi connectivity index (χ0n) is 9.79. The number of fused-ring (bicyclic) bond motifs is 2. The minimum atomic E-state index is 0.176. The SMILES string of the molecule is CN(C1CC2CCC1C2)C(C)(C)CN. The van der Waals surface area contributed by atoms with Crippen molar-refractivity contribution in [1.29, 1.82) is 0 Å². The average molecular weight is 196 g/mol. The molecule has 3 unspecified atom stereocenters. The molecule has 0 radical (unpaired) electrons. The summed E-state index contributed by atoms with van der Waals surface area (Å²) in [6.45, 7) is 5.29. The fourth-order valence-corrected chi connectivity index (χ4v) is 3.28. The third-order valence-electron chi connectivity index (χ3n) is 4.65. The van der Waals surface area contributed by atoms with Gasteiger partial charge in [-0.25, -0.2) is 0 Å². The van der Waals surface area contributed by atoms with Gasteiger partial charge in [-0.1, -0.05) is 6.42 Å². The molecule has 0 saturated heterocycles. The van der Waals surface area contributed by atoms with Crippen LogP contribution in [0.5, 0.6) is 0 Å². The summed E-state index contributed by atoms with van der Waals surface area (Å²) in [7, 11) is 2.26. The molecule has 82 valence electrons. The minimum Gasteiger partial charge on any atom is -0.329 e. The molecule has 0 amide bonds. The molecule has 2 fully saturated rings. The maximum absolute atomic E-state index is 5.83.